The molecule has 0 aliphatic heterocycles. The summed E-state index contributed by atoms with van der Waals surface area (Å²) in [5.74, 6) is 0.451. The second-order valence-corrected chi connectivity index (χ2v) is 5.33. The van der Waals surface area contributed by atoms with E-state index in [1.807, 2.05) is 54.2 Å². The Hall–Kier alpha value is -1.06. The van der Waals surface area contributed by atoms with Crippen molar-refractivity contribution in [2.45, 2.75) is 33.2 Å². The molecule has 1 N–H and O–H groups in total. The van der Waals surface area contributed by atoms with Crippen molar-refractivity contribution in [1.29, 1.82) is 0 Å². The Morgan fingerprint density at radius 1 is 1.19 bits per heavy atom. The first kappa shape index (κ1) is 18.0. The molecule has 0 atom stereocenters. The van der Waals surface area contributed by atoms with E-state index in [0.29, 0.717) is 12.5 Å². The summed E-state index contributed by atoms with van der Waals surface area (Å²) in [4.78, 5) is 12.1. The average Bonchev–Trinajstić information content (AvgIpc) is 2.41. The molecule has 0 unspecified atom stereocenters. The molecule has 0 spiro atoms. The van der Waals surface area contributed by atoms with Gasteiger partial charge in [0.1, 0.15) is 0 Å². The molecule has 0 aliphatic carbocycles. The predicted octanol–water partition coefficient (Wildman–Crippen LogP) is 3.04. The van der Waals surface area contributed by atoms with Gasteiger partial charge in [-0.25, -0.2) is 0 Å². The summed E-state index contributed by atoms with van der Waals surface area (Å²) in [6, 6.07) is 11.9. The maximum absolute atomic E-state index is 12.1. The van der Waals surface area contributed by atoms with Crippen molar-refractivity contribution in [3.8, 4) is 0 Å². The third kappa shape index (κ3) is 5.33. The second kappa shape index (κ2) is 8.40. The molecule has 3 nitrogen and oxygen atoms in total. The fraction of sp³-hybridized carbons (Fsp3) is 0.294. The minimum atomic E-state index is -0.00907. The van der Waals surface area contributed by atoms with Crippen LogP contribution in [0.25, 0.3) is 0 Å². The van der Waals surface area contributed by atoms with Crippen LogP contribution in [-0.4, -0.2) is 5.91 Å². The van der Waals surface area contributed by atoms with Crippen molar-refractivity contribution in [3.63, 3.8) is 0 Å². The summed E-state index contributed by atoms with van der Waals surface area (Å²) in [6.45, 7) is 6.61. The molecule has 0 fully saturated rings. The molecular weight excluding hydrogens is 337 g/mol. The number of carbonyl (C=O) groups is 1. The van der Waals surface area contributed by atoms with Crippen LogP contribution in [0.2, 0.25) is 0 Å². The summed E-state index contributed by atoms with van der Waals surface area (Å²) < 4.78 is 1.92. The van der Waals surface area contributed by atoms with Gasteiger partial charge < -0.3 is 5.32 Å². The molecule has 1 heterocycles. The average molecular weight is 358 g/mol. The Morgan fingerprint density at radius 3 is 2.57 bits per heavy atom. The number of hydrogen-bond acceptors (Lipinski definition) is 1. The zero-order chi connectivity index (χ0) is 14.5. The van der Waals surface area contributed by atoms with E-state index in [9.17, 15) is 4.79 Å². The van der Waals surface area contributed by atoms with Gasteiger partial charge in [0.05, 0.1) is 0 Å². The van der Waals surface area contributed by atoms with Crippen LogP contribution in [0.5, 0.6) is 0 Å². The third-order valence-corrected chi connectivity index (χ3v) is 3.29. The molecule has 2 rings (SSSR count). The zero-order valence-corrected chi connectivity index (χ0v) is 15.7. The number of rotatable bonds is 4. The van der Waals surface area contributed by atoms with Gasteiger partial charge in [0, 0.05) is 50.0 Å². The number of hydrogen-bond donors (Lipinski definition) is 1. The number of nitrogens with zero attached hydrogens (tertiary/aromatic N) is 1. The van der Waals surface area contributed by atoms with Crippen LogP contribution < -0.4 is 9.88 Å². The molecule has 4 heteroatoms. The molecule has 0 saturated heterocycles. The Balaban J connectivity index is 0.00000220. The van der Waals surface area contributed by atoms with E-state index in [1.165, 1.54) is 5.56 Å². The van der Waals surface area contributed by atoms with Crippen molar-refractivity contribution in [2.75, 3.05) is 5.32 Å². The minimum absolute atomic E-state index is 0. The van der Waals surface area contributed by atoms with E-state index in [2.05, 4.69) is 25.2 Å². The number of benzene rings is 1. The van der Waals surface area contributed by atoms with Crippen molar-refractivity contribution >= 4 is 11.6 Å². The van der Waals surface area contributed by atoms with Crippen LogP contribution in [0.4, 0.5) is 5.69 Å². The molecule has 1 radical (unpaired) electrons. The number of nitrogens with one attached hydrogen (secondary N) is 1. The molecule has 21 heavy (non-hydrogen) atoms. The minimum Gasteiger partial charge on any atom is -0.320 e. The zero-order valence-electron chi connectivity index (χ0n) is 12.8. The van der Waals surface area contributed by atoms with Gasteiger partial charge in [-0.3, -0.25) is 4.79 Å². The van der Waals surface area contributed by atoms with Crippen LogP contribution in [0.1, 0.15) is 30.9 Å². The quantitative estimate of drug-likeness (QED) is 0.838. The molecule has 0 bridgehead atoms. The summed E-state index contributed by atoms with van der Waals surface area (Å²) in [6.07, 6.45) is 3.95. The first-order chi connectivity index (χ1) is 9.56. The molecular formula is C17H21N2OY+. The van der Waals surface area contributed by atoms with E-state index in [4.69, 9.17) is 0 Å². The number of aryl methyl sites for hydroxylation is 1. The summed E-state index contributed by atoms with van der Waals surface area (Å²) >= 11 is 0. The molecule has 1 aromatic heterocycles. The summed E-state index contributed by atoms with van der Waals surface area (Å²) in [5.41, 5.74) is 3.18. The monoisotopic (exact) mass is 358 g/mol. The summed E-state index contributed by atoms with van der Waals surface area (Å²) in [5, 5.41) is 2.95. The number of anilines is 1. The van der Waals surface area contributed by atoms with Crippen molar-refractivity contribution in [3.05, 3.63) is 59.9 Å². The third-order valence-electron chi connectivity index (χ3n) is 3.29. The van der Waals surface area contributed by atoms with Gasteiger partial charge in [-0.2, -0.15) is 4.57 Å². The van der Waals surface area contributed by atoms with Gasteiger partial charge in [0.2, 0.25) is 6.54 Å². The van der Waals surface area contributed by atoms with Crippen LogP contribution in [0, 0.1) is 6.92 Å². The van der Waals surface area contributed by atoms with Crippen LogP contribution in [0.3, 0.4) is 0 Å². The van der Waals surface area contributed by atoms with Crippen LogP contribution >= 0.6 is 0 Å². The molecule has 1 amide bonds. The van der Waals surface area contributed by atoms with Crippen molar-refractivity contribution < 1.29 is 42.1 Å². The second-order valence-electron chi connectivity index (χ2n) is 5.33. The van der Waals surface area contributed by atoms with E-state index < -0.39 is 0 Å². The van der Waals surface area contributed by atoms with Gasteiger partial charge in [-0.15, -0.1) is 0 Å². The predicted molar refractivity (Wildman–Crippen MR) is 80.5 cm³/mol. The maximum Gasteiger partial charge on any atom is 0.290 e. The van der Waals surface area contributed by atoms with E-state index in [1.54, 1.807) is 0 Å². The molecule has 0 saturated carbocycles. The first-order valence-electron chi connectivity index (χ1n) is 6.91. The van der Waals surface area contributed by atoms with Gasteiger partial charge in [-0.1, -0.05) is 32.0 Å². The molecule has 0 aliphatic rings. The van der Waals surface area contributed by atoms with E-state index in [-0.39, 0.29) is 38.6 Å². The normalized spacial score (nSPS) is 10.1. The number of aromatic nitrogens is 1. The van der Waals surface area contributed by atoms with Gasteiger partial charge in [0.25, 0.3) is 5.91 Å². The van der Waals surface area contributed by atoms with Gasteiger partial charge in [-0.05, 0) is 30.5 Å². The molecule has 107 valence electrons. The topological polar surface area (TPSA) is 33.0 Å². The smallest absolute Gasteiger partial charge is 0.290 e. The molecule has 2 aromatic rings. The summed E-state index contributed by atoms with van der Waals surface area (Å²) in [7, 11) is 0. The first-order valence-corrected chi connectivity index (χ1v) is 6.91. The van der Waals surface area contributed by atoms with Crippen LogP contribution in [-0.2, 0) is 44.0 Å². The standard InChI is InChI=1S/C17H20N2O.Y/c1-13(2)15-8-6-10-19(11-15)12-17(20)18-16-9-5-4-7-14(16)3;/h4-11,13H,12H2,1-3H3;/p+1. The molecule has 1 aromatic carbocycles. The van der Waals surface area contributed by atoms with Gasteiger partial charge >= 0.3 is 0 Å². The Morgan fingerprint density at radius 2 is 1.90 bits per heavy atom. The van der Waals surface area contributed by atoms with E-state index >= 15 is 0 Å². The fourth-order valence-electron chi connectivity index (χ4n) is 2.05. The SMILES string of the molecule is Cc1ccccc1NC(=O)C[n+]1cccc(C(C)C)c1.[Y]. The number of pyridine rings is 1. The number of amides is 1. The van der Waals surface area contributed by atoms with Crippen molar-refractivity contribution in [1.82, 2.24) is 0 Å². The Kier molecular flexibility index (Phi) is 7.20. The number of carbonyl (C=O) groups excluding carboxylic acids is 1. The Labute approximate surface area is 151 Å². The fourth-order valence-corrected chi connectivity index (χ4v) is 2.05. The van der Waals surface area contributed by atoms with Gasteiger partial charge in [0.15, 0.2) is 12.4 Å². The number of para-hydroxylation sites is 1. The van der Waals surface area contributed by atoms with E-state index in [0.717, 1.165) is 11.3 Å². The largest absolute Gasteiger partial charge is 0.320 e. The van der Waals surface area contributed by atoms with Crippen LogP contribution in [0.15, 0.2) is 48.8 Å². The maximum atomic E-state index is 12.1. The Bertz CT molecular complexity index is 611. The van der Waals surface area contributed by atoms with Crippen molar-refractivity contribution in [2.24, 2.45) is 0 Å².